The van der Waals surface area contributed by atoms with Gasteiger partial charge in [0.25, 0.3) is 0 Å². The van der Waals surface area contributed by atoms with Gasteiger partial charge in [0.15, 0.2) is 10.8 Å². The fourth-order valence-corrected chi connectivity index (χ4v) is 6.72. The van der Waals surface area contributed by atoms with Gasteiger partial charge in [0.2, 0.25) is 5.91 Å². The summed E-state index contributed by atoms with van der Waals surface area (Å²) in [6.07, 6.45) is 3.41. The number of rotatable bonds is 5. The highest BCUT2D eigenvalue weighted by Crippen LogP contribution is 2.39. The molecule has 0 fully saturated rings. The molecule has 0 saturated heterocycles. The molecule has 150 valence electrons. The van der Waals surface area contributed by atoms with Crippen LogP contribution in [-0.2, 0) is 24.2 Å². The minimum atomic E-state index is -0.00580. The number of nitrogens with one attached hydrogen (secondary N) is 1. The summed E-state index contributed by atoms with van der Waals surface area (Å²) in [5.41, 5.74) is 2.28. The van der Waals surface area contributed by atoms with Crippen LogP contribution in [0.4, 0.5) is 0 Å². The van der Waals surface area contributed by atoms with Gasteiger partial charge >= 0.3 is 0 Å². The van der Waals surface area contributed by atoms with E-state index >= 15 is 0 Å². The van der Waals surface area contributed by atoms with E-state index in [1.54, 1.807) is 22.7 Å². The van der Waals surface area contributed by atoms with Gasteiger partial charge in [-0.1, -0.05) is 24.8 Å². The number of aryl methyl sites for hydroxylation is 2. The molecule has 1 aliphatic rings. The third-order valence-corrected chi connectivity index (χ3v) is 8.26. The van der Waals surface area contributed by atoms with Gasteiger partial charge in [-0.25, -0.2) is 4.98 Å². The number of hydrogen-bond donors (Lipinski definition) is 1. The van der Waals surface area contributed by atoms with Crippen molar-refractivity contribution in [1.29, 1.82) is 0 Å². The maximum absolute atomic E-state index is 12.2. The second kappa shape index (κ2) is 7.70. The highest BCUT2D eigenvalue weighted by molar-refractivity contribution is 7.99. The van der Waals surface area contributed by atoms with Gasteiger partial charge in [-0.3, -0.25) is 9.20 Å². The molecule has 1 N–H and O–H groups in total. The standard InChI is InChI=1S/C20H21N5OS3/c1-11-5-6-14-15(8-11)29-19-17(14)18-23-24-20(25(18)12(2)22-19)28-10-16(26)21-9-13-4-3-7-27-13/h3-4,7,11H,5-6,8-10H2,1-2H3,(H,21,26)/t11-/m0/s1. The lowest BCUT2D eigenvalue weighted by Crippen LogP contribution is -2.24. The minimum Gasteiger partial charge on any atom is -0.350 e. The molecule has 1 atom stereocenters. The van der Waals surface area contributed by atoms with Crippen LogP contribution in [-0.4, -0.2) is 31.2 Å². The molecule has 0 saturated carbocycles. The third kappa shape index (κ3) is 3.55. The van der Waals surface area contributed by atoms with Crippen LogP contribution in [0.2, 0.25) is 0 Å². The van der Waals surface area contributed by atoms with Crippen molar-refractivity contribution in [2.24, 2.45) is 5.92 Å². The molecule has 4 aromatic rings. The summed E-state index contributed by atoms with van der Waals surface area (Å²) in [5, 5.41) is 15.7. The zero-order valence-electron chi connectivity index (χ0n) is 16.3. The van der Waals surface area contributed by atoms with Crippen molar-refractivity contribution in [3.8, 4) is 0 Å². The number of nitrogens with zero attached hydrogens (tertiary/aromatic N) is 4. The number of aromatic nitrogens is 4. The Labute approximate surface area is 180 Å². The molecule has 9 heteroatoms. The van der Waals surface area contributed by atoms with E-state index in [0.717, 1.165) is 50.5 Å². The van der Waals surface area contributed by atoms with Crippen LogP contribution in [0.3, 0.4) is 0 Å². The van der Waals surface area contributed by atoms with Crippen LogP contribution in [0.15, 0.2) is 22.7 Å². The summed E-state index contributed by atoms with van der Waals surface area (Å²) >= 11 is 4.85. The van der Waals surface area contributed by atoms with E-state index in [-0.39, 0.29) is 5.91 Å². The van der Waals surface area contributed by atoms with Gasteiger partial charge in [0.05, 0.1) is 17.7 Å². The lowest BCUT2D eigenvalue weighted by atomic mass is 9.89. The second-order valence-corrected chi connectivity index (χ2v) is 10.5. The Bertz CT molecular complexity index is 1190. The monoisotopic (exact) mass is 443 g/mol. The number of carbonyl (C=O) groups is 1. The Hall–Kier alpha value is -1.97. The van der Waals surface area contributed by atoms with Gasteiger partial charge < -0.3 is 5.32 Å². The summed E-state index contributed by atoms with van der Waals surface area (Å²) in [6.45, 7) is 4.87. The number of amides is 1. The number of thiophene rings is 2. The van der Waals surface area contributed by atoms with Crippen LogP contribution in [0.1, 0.15) is 34.5 Å². The summed E-state index contributed by atoms with van der Waals surface area (Å²) < 4.78 is 2.00. The topological polar surface area (TPSA) is 72.2 Å². The van der Waals surface area contributed by atoms with Crippen molar-refractivity contribution >= 4 is 56.2 Å². The number of hydrogen-bond acceptors (Lipinski definition) is 7. The highest BCUT2D eigenvalue weighted by atomic mass is 32.2. The van der Waals surface area contributed by atoms with Crippen LogP contribution in [0.25, 0.3) is 15.9 Å². The Kier molecular flexibility index (Phi) is 5.05. The first-order valence-corrected chi connectivity index (χ1v) is 12.4. The quantitative estimate of drug-likeness (QED) is 0.467. The minimum absolute atomic E-state index is 0.00580. The van der Waals surface area contributed by atoms with Crippen LogP contribution in [0, 0.1) is 12.8 Å². The molecule has 0 spiro atoms. The maximum atomic E-state index is 12.2. The lowest BCUT2D eigenvalue weighted by molar-refractivity contribution is -0.118. The molecule has 0 radical (unpaired) electrons. The SMILES string of the molecule is Cc1nc2sc3c(c2c2nnc(SCC(=O)NCc4cccs4)n12)CC[C@H](C)C3. The van der Waals surface area contributed by atoms with Crippen molar-refractivity contribution < 1.29 is 4.79 Å². The molecule has 1 amide bonds. The van der Waals surface area contributed by atoms with Gasteiger partial charge in [-0.05, 0) is 49.1 Å². The smallest absolute Gasteiger partial charge is 0.230 e. The van der Waals surface area contributed by atoms with E-state index in [0.29, 0.717) is 12.3 Å². The molecule has 4 heterocycles. The predicted molar refractivity (Wildman–Crippen MR) is 119 cm³/mol. The van der Waals surface area contributed by atoms with E-state index in [1.165, 1.54) is 28.6 Å². The highest BCUT2D eigenvalue weighted by Gasteiger charge is 2.25. The zero-order chi connectivity index (χ0) is 20.0. The summed E-state index contributed by atoms with van der Waals surface area (Å²) in [6, 6.07) is 4.01. The summed E-state index contributed by atoms with van der Waals surface area (Å²) in [4.78, 5) is 20.8. The molecule has 29 heavy (non-hydrogen) atoms. The summed E-state index contributed by atoms with van der Waals surface area (Å²) in [7, 11) is 0. The molecule has 0 bridgehead atoms. The number of carbonyl (C=O) groups excluding carboxylic acids is 1. The van der Waals surface area contributed by atoms with Crippen molar-refractivity contribution in [3.63, 3.8) is 0 Å². The number of fused-ring (bicyclic) bond motifs is 5. The lowest BCUT2D eigenvalue weighted by Gasteiger charge is -2.17. The molecule has 0 aliphatic heterocycles. The van der Waals surface area contributed by atoms with Gasteiger partial charge in [-0.15, -0.1) is 32.9 Å². The summed E-state index contributed by atoms with van der Waals surface area (Å²) in [5.74, 6) is 1.90. The van der Waals surface area contributed by atoms with Crippen molar-refractivity contribution in [2.75, 3.05) is 5.75 Å². The largest absolute Gasteiger partial charge is 0.350 e. The molecule has 0 aromatic carbocycles. The number of thioether (sulfide) groups is 1. The Morgan fingerprint density at radius 1 is 1.41 bits per heavy atom. The fraction of sp³-hybridized carbons (Fsp3) is 0.400. The normalized spacial score (nSPS) is 16.4. The third-order valence-electron chi connectivity index (χ3n) is 5.31. The predicted octanol–water partition coefficient (Wildman–Crippen LogP) is 4.24. The molecule has 0 unspecified atom stereocenters. The Morgan fingerprint density at radius 2 is 2.31 bits per heavy atom. The fourth-order valence-electron chi connectivity index (χ4n) is 3.84. The van der Waals surface area contributed by atoms with Crippen molar-refractivity contribution in [1.82, 2.24) is 24.9 Å². The Balaban J connectivity index is 1.40. The van der Waals surface area contributed by atoms with Crippen molar-refractivity contribution in [2.45, 2.75) is 44.8 Å². The first kappa shape index (κ1) is 19.0. The molecule has 4 aromatic heterocycles. The Morgan fingerprint density at radius 3 is 3.14 bits per heavy atom. The molecule has 6 nitrogen and oxygen atoms in total. The zero-order valence-corrected chi connectivity index (χ0v) is 18.7. The maximum Gasteiger partial charge on any atom is 0.230 e. The molecule has 1 aliphatic carbocycles. The van der Waals surface area contributed by atoms with E-state index < -0.39 is 0 Å². The van der Waals surface area contributed by atoms with Gasteiger partial charge in [-0.2, -0.15) is 0 Å². The van der Waals surface area contributed by atoms with Gasteiger partial charge in [0.1, 0.15) is 10.7 Å². The van der Waals surface area contributed by atoms with Crippen molar-refractivity contribution in [3.05, 3.63) is 38.7 Å². The second-order valence-electron chi connectivity index (χ2n) is 7.48. The van der Waals surface area contributed by atoms with Crippen LogP contribution in [0.5, 0.6) is 0 Å². The van der Waals surface area contributed by atoms with E-state index in [1.807, 2.05) is 28.8 Å². The average Bonchev–Trinajstić information content (AvgIpc) is 3.42. The van der Waals surface area contributed by atoms with E-state index in [9.17, 15) is 4.79 Å². The first-order chi connectivity index (χ1) is 14.1. The van der Waals surface area contributed by atoms with E-state index in [4.69, 9.17) is 4.98 Å². The van der Waals surface area contributed by atoms with Crippen LogP contribution >= 0.6 is 34.4 Å². The molecular weight excluding hydrogens is 422 g/mol. The van der Waals surface area contributed by atoms with Crippen LogP contribution < -0.4 is 5.32 Å². The first-order valence-electron chi connectivity index (χ1n) is 9.68. The molecular formula is C20H21N5OS3. The average molecular weight is 444 g/mol. The van der Waals surface area contributed by atoms with Gasteiger partial charge in [0, 0.05) is 9.75 Å². The molecule has 5 rings (SSSR count). The van der Waals surface area contributed by atoms with E-state index in [2.05, 4.69) is 22.4 Å².